The van der Waals surface area contributed by atoms with Gasteiger partial charge in [-0.3, -0.25) is 4.79 Å². The highest BCUT2D eigenvalue weighted by atomic mass is 16.5. The van der Waals surface area contributed by atoms with Crippen molar-refractivity contribution in [2.75, 3.05) is 13.2 Å². The Bertz CT molecular complexity index is 550. The standard InChI is InChI=1S/C17H23NO4/c1-4-22-17(21)15-8-13(19)10-18(15)16(20)9-14-11(2)6-5-7-12(14)3/h5-7,13,15,19H,4,8-10H2,1-3H3. The van der Waals surface area contributed by atoms with Crippen LogP contribution in [0.5, 0.6) is 0 Å². The maximum Gasteiger partial charge on any atom is 0.328 e. The first-order chi connectivity index (χ1) is 10.4. The van der Waals surface area contributed by atoms with Crippen molar-refractivity contribution >= 4 is 11.9 Å². The third-order valence-corrected chi connectivity index (χ3v) is 4.13. The molecule has 2 atom stereocenters. The summed E-state index contributed by atoms with van der Waals surface area (Å²) in [6.45, 7) is 6.12. The highest BCUT2D eigenvalue weighted by Crippen LogP contribution is 2.22. The number of benzene rings is 1. The van der Waals surface area contributed by atoms with E-state index in [9.17, 15) is 14.7 Å². The second-order valence-electron chi connectivity index (χ2n) is 5.75. The molecule has 0 saturated carbocycles. The zero-order chi connectivity index (χ0) is 16.3. The molecule has 0 radical (unpaired) electrons. The SMILES string of the molecule is CCOC(=O)C1CC(O)CN1C(=O)Cc1c(C)cccc1C. The summed E-state index contributed by atoms with van der Waals surface area (Å²) in [5.74, 6) is -0.582. The van der Waals surface area contributed by atoms with Crippen molar-refractivity contribution in [2.24, 2.45) is 0 Å². The Balaban J connectivity index is 2.15. The van der Waals surface area contributed by atoms with Crippen molar-refractivity contribution in [3.05, 3.63) is 34.9 Å². The van der Waals surface area contributed by atoms with Gasteiger partial charge in [-0.25, -0.2) is 4.79 Å². The molecule has 1 fully saturated rings. The number of aliphatic hydroxyl groups is 1. The Hall–Kier alpha value is -1.88. The number of aryl methyl sites for hydroxylation is 2. The number of rotatable bonds is 4. The van der Waals surface area contributed by atoms with Gasteiger partial charge < -0.3 is 14.7 Å². The summed E-state index contributed by atoms with van der Waals surface area (Å²) in [5.41, 5.74) is 3.10. The Morgan fingerprint density at radius 2 is 1.95 bits per heavy atom. The van der Waals surface area contributed by atoms with E-state index >= 15 is 0 Å². The predicted octanol–water partition coefficient (Wildman–Crippen LogP) is 1.37. The first-order valence-corrected chi connectivity index (χ1v) is 7.63. The van der Waals surface area contributed by atoms with Crippen LogP contribution in [0.25, 0.3) is 0 Å². The van der Waals surface area contributed by atoms with Crippen molar-refractivity contribution in [3.63, 3.8) is 0 Å². The molecule has 1 heterocycles. The van der Waals surface area contributed by atoms with Crippen LogP contribution in [-0.2, 0) is 20.7 Å². The van der Waals surface area contributed by atoms with Crippen molar-refractivity contribution in [1.82, 2.24) is 4.90 Å². The fraction of sp³-hybridized carbons (Fsp3) is 0.529. The van der Waals surface area contributed by atoms with Crippen LogP contribution < -0.4 is 0 Å². The van der Waals surface area contributed by atoms with Crippen molar-refractivity contribution in [2.45, 2.75) is 45.8 Å². The van der Waals surface area contributed by atoms with Crippen LogP contribution in [0.3, 0.4) is 0 Å². The molecule has 1 aliphatic heterocycles. The largest absolute Gasteiger partial charge is 0.464 e. The topological polar surface area (TPSA) is 66.8 Å². The van der Waals surface area contributed by atoms with Crippen molar-refractivity contribution < 1.29 is 19.4 Å². The molecule has 120 valence electrons. The maximum absolute atomic E-state index is 12.6. The third-order valence-electron chi connectivity index (χ3n) is 4.13. The van der Waals surface area contributed by atoms with Crippen LogP contribution >= 0.6 is 0 Å². The molecule has 0 aliphatic carbocycles. The molecule has 2 unspecified atom stereocenters. The third kappa shape index (κ3) is 3.47. The summed E-state index contributed by atoms with van der Waals surface area (Å²) < 4.78 is 5.01. The fourth-order valence-electron chi connectivity index (χ4n) is 2.93. The van der Waals surface area contributed by atoms with Gasteiger partial charge in [0.2, 0.25) is 5.91 Å². The quantitative estimate of drug-likeness (QED) is 0.853. The summed E-state index contributed by atoms with van der Waals surface area (Å²) in [6.07, 6.45) is -0.185. The Morgan fingerprint density at radius 1 is 1.32 bits per heavy atom. The number of nitrogens with zero attached hydrogens (tertiary/aromatic N) is 1. The van der Waals surface area contributed by atoms with Gasteiger partial charge in [-0.15, -0.1) is 0 Å². The number of ether oxygens (including phenoxy) is 1. The zero-order valence-corrected chi connectivity index (χ0v) is 13.3. The van der Waals surface area contributed by atoms with Crippen molar-refractivity contribution in [3.8, 4) is 0 Å². The van der Waals surface area contributed by atoms with Gasteiger partial charge in [-0.1, -0.05) is 18.2 Å². The van der Waals surface area contributed by atoms with Crippen LogP contribution in [0, 0.1) is 13.8 Å². The van der Waals surface area contributed by atoms with Gasteiger partial charge in [-0.05, 0) is 37.5 Å². The Kier molecular flexibility index (Phi) is 5.19. The van der Waals surface area contributed by atoms with E-state index in [0.29, 0.717) is 0 Å². The molecule has 1 N–H and O–H groups in total. The Labute approximate surface area is 130 Å². The lowest BCUT2D eigenvalue weighted by Gasteiger charge is -2.23. The molecular formula is C17H23NO4. The summed E-state index contributed by atoms with van der Waals surface area (Å²) in [4.78, 5) is 26.0. The highest BCUT2D eigenvalue weighted by Gasteiger charge is 2.39. The number of likely N-dealkylation sites (tertiary alicyclic amines) is 1. The minimum Gasteiger partial charge on any atom is -0.464 e. The number of aliphatic hydroxyl groups excluding tert-OH is 1. The first kappa shape index (κ1) is 16.5. The van der Waals surface area contributed by atoms with Gasteiger partial charge in [0.15, 0.2) is 0 Å². The zero-order valence-electron chi connectivity index (χ0n) is 13.3. The highest BCUT2D eigenvalue weighted by molar-refractivity contribution is 5.86. The number of carbonyl (C=O) groups is 2. The molecule has 0 aromatic heterocycles. The summed E-state index contributed by atoms with van der Waals surface area (Å²) in [7, 11) is 0. The summed E-state index contributed by atoms with van der Waals surface area (Å²) in [6, 6.07) is 5.22. The lowest BCUT2D eigenvalue weighted by atomic mass is 9.99. The van der Waals surface area contributed by atoms with Gasteiger partial charge in [0.1, 0.15) is 6.04 Å². The van der Waals surface area contributed by atoms with Crippen LogP contribution in [0.4, 0.5) is 0 Å². The van der Waals surface area contributed by atoms with Crippen LogP contribution in [0.15, 0.2) is 18.2 Å². The van der Waals surface area contributed by atoms with E-state index in [1.165, 1.54) is 4.90 Å². The molecular weight excluding hydrogens is 282 g/mol. The van der Waals surface area contributed by atoms with Crippen molar-refractivity contribution in [1.29, 1.82) is 0 Å². The van der Waals surface area contributed by atoms with E-state index in [2.05, 4.69) is 0 Å². The molecule has 0 bridgehead atoms. The first-order valence-electron chi connectivity index (χ1n) is 7.63. The molecule has 22 heavy (non-hydrogen) atoms. The lowest BCUT2D eigenvalue weighted by molar-refractivity contribution is -0.152. The fourth-order valence-corrected chi connectivity index (χ4v) is 2.93. The number of esters is 1. The van der Waals surface area contributed by atoms with Gasteiger partial charge >= 0.3 is 5.97 Å². The van der Waals surface area contributed by atoms with Gasteiger partial charge in [0.05, 0.1) is 19.1 Å². The molecule has 1 aliphatic rings. The van der Waals surface area contributed by atoms with Gasteiger partial charge in [-0.2, -0.15) is 0 Å². The molecule has 5 nitrogen and oxygen atoms in total. The molecule has 1 saturated heterocycles. The number of hydrogen-bond acceptors (Lipinski definition) is 4. The van der Waals surface area contributed by atoms with Gasteiger partial charge in [0.25, 0.3) is 0 Å². The Morgan fingerprint density at radius 3 is 2.55 bits per heavy atom. The number of β-amino-alcohol motifs (C(OH)–C–C–N with tert-alkyl or cyclic N) is 1. The molecule has 5 heteroatoms. The van der Waals surface area contributed by atoms with Crippen LogP contribution in [0.1, 0.15) is 30.0 Å². The summed E-state index contributed by atoms with van der Waals surface area (Å²) >= 11 is 0. The molecule has 2 rings (SSSR count). The van der Waals surface area contributed by atoms with E-state index in [0.717, 1.165) is 16.7 Å². The van der Waals surface area contributed by atoms with E-state index in [1.807, 2.05) is 32.0 Å². The number of hydrogen-bond donors (Lipinski definition) is 1. The normalized spacial score (nSPS) is 21.0. The molecule has 1 amide bonds. The molecule has 0 spiro atoms. The van der Waals surface area contributed by atoms with Crippen LogP contribution in [0.2, 0.25) is 0 Å². The minimum atomic E-state index is -0.674. The monoisotopic (exact) mass is 305 g/mol. The lowest BCUT2D eigenvalue weighted by Crippen LogP contribution is -2.42. The number of carbonyl (C=O) groups excluding carboxylic acids is 2. The van der Waals surface area contributed by atoms with E-state index in [1.54, 1.807) is 6.92 Å². The summed E-state index contributed by atoms with van der Waals surface area (Å²) in [5, 5.41) is 9.81. The van der Waals surface area contributed by atoms with E-state index in [-0.39, 0.29) is 31.9 Å². The average molecular weight is 305 g/mol. The molecule has 1 aromatic rings. The van der Waals surface area contributed by atoms with E-state index < -0.39 is 18.1 Å². The average Bonchev–Trinajstić information content (AvgIpc) is 2.85. The van der Waals surface area contributed by atoms with Crippen LogP contribution in [-0.4, -0.2) is 47.2 Å². The van der Waals surface area contributed by atoms with E-state index in [4.69, 9.17) is 4.74 Å². The smallest absolute Gasteiger partial charge is 0.328 e. The predicted molar refractivity (Wildman–Crippen MR) is 82.4 cm³/mol. The minimum absolute atomic E-state index is 0.146. The second-order valence-corrected chi connectivity index (χ2v) is 5.75. The molecule has 1 aromatic carbocycles. The van der Waals surface area contributed by atoms with Gasteiger partial charge in [0, 0.05) is 13.0 Å². The number of amides is 1. The second kappa shape index (κ2) is 6.92. The maximum atomic E-state index is 12.6.